The number of carbonyl (C=O) groups excluding carboxylic acids is 1. The van der Waals surface area contributed by atoms with Crippen molar-refractivity contribution in [2.45, 2.75) is 18.1 Å². The van der Waals surface area contributed by atoms with Gasteiger partial charge in [0.15, 0.2) is 0 Å². The molecule has 2 atom stereocenters. The van der Waals surface area contributed by atoms with E-state index in [1.807, 2.05) is 0 Å². The predicted octanol–water partition coefficient (Wildman–Crippen LogP) is -1.08. The summed E-state index contributed by atoms with van der Waals surface area (Å²) in [6.45, 7) is 0.801. The average molecular weight is 159 g/mol. The van der Waals surface area contributed by atoms with Crippen molar-refractivity contribution in [3.8, 4) is 0 Å². The summed E-state index contributed by atoms with van der Waals surface area (Å²) in [4.78, 5) is 10.6. The highest BCUT2D eigenvalue weighted by Crippen LogP contribution is 2.17. The van der Waals surface area contributed by atoms with Gasteiger partial charge >= 0.3 is 0 Å². The fraction of sp³-hybridized carbons (Fsp3) is 0.857. The molecule has 1 rings (SSSR count). The molecule has 0 aliphatic carbocycles. The third-order valence-electron chi connectivity index (χ3n) is 1.92. The lowest BCUT2D eigenvalue weighted by atomic mass is 10.0. The van der Waals surface area contributed by atoms with Gasteiger partial charge in [0.05, 0.1) is 12.7 Å². The molecule has 4 nitrogen and oxygen atoms in total. The Labute approximate surface area is 65.5 Å². The van der Waals surface area contributed by atoms with E-state index in [1.165, 1.54) is 7.11 Å². The van der Waals surface area contributed by atoms with Crippen LogP contribution in [0.25, 0.3) is 0 Å². The number of aliphatic hydroxyl groups excluding tert-OH is 1. The van der Waals surface area contributed by atoms with E-state index in [4.69, 9.17) is 9.84 Å². The summed E-state index contributed by atoms with van der Waals surface area (Å²) in [5.74, 6) is 0. The van der Waals surface area contributed by atoms with Gasteiger partial charge in [0.1, 0.15) is 11.8 Å². The number of hydrogen-bond acceptors (Lipinski definition) is 4. The zero-order valence-electron chi connectivity index (χ0n) is 6.54. The lowest BCUT2D eigenvalue weighted by Crippen LogP contribution is -2.45. The van der Waals surface area contributed by atoms with Crippen LogP contribution >= 0.6 is 0 Å². The molecule has 1 fully saturated rings. The highest BCUT2D eigenvalue weighted by molar-refractivity contribution is 5.65. The smallest absolute Gasteiger partial charge is 0.142 e. The molecule has 0 amide bonds. The van der Waals surface area contributed by atoms with Crippen LogP contribution in [0, 0.1) is 0 Å². The molecule has 1 heterocycles. The zero-order chi connectivity index (χ0) is 8.32. The molecule has 1 unspecified atom stereocenters. The Bertz CT molecular complexity index is 147. The van der Waals surface area contributed by atoms with E-state index >= 15 is 0 Å². The lowest BCUT2D eigenvalue weighted by Gasteiger charge is -2.20. The Hall–Kier alpha value is -0.450. The van der Waals surface area contributed by atoms with Crippen LogP contribution in [-0.4, -0.2) is 43.3 Å². The summed E-state index contributed by atoms with van der Waals surface area (Å²) in [5.41, 5.74) is -0.645. The van der Waals surface area contributed by atoms with E-state index in [1.54, 1.807) is 0 Å². The van der Waals surface area contributed by atoms with Crippen LogP contribution in [-0.2, 0) is 9.53 Å². The quantitative estimate of drug-likeness (QED) is 0.514. The SMILES string of the molecule is COCC1(C=O)C[C@H](O)CN1. The Kier molecular flexibility index (Phi) is 2.59. The summed E-state index contributed by atoms with van der Waals surface area (Å²) in [5, 5.41) is 12.1. The Morgan fingerprint density at radius 1 is 1.91 bits per heavy atom. The first-order valence-electron chi connectivity index (χ1n) is 3.61. The van der Waals surface area contributed by atoms with Gasteiger partial charge in [-0.05, 0) is 0 Å². The Balaban J connectivity index is 2.54. The molecule has 64 valence electrons. The number of carbonyl (C=O) groups is 1. The van der Waals surface area contributed by atoms with Crippen LogP contribution in [0.4, 0.5) is 0 Å². The summed E-state index contributed by atoms with van der Waals surface area (Å²) >= 11 is 0. The summed E-state index contributed by atoms with van der Waals surface area (Å²) in [7, 11) is 1.54. The van der Waals surface area contributed by atoms with Crippen molar-refractivity contribution in [2.24, 2.45) is 0 Å². The van der Waals surface area contributed by atoms with Crippen LogP contribution in [0.2, 0.25) is 0 Å². The van der Waals surface area contributed by atoms with Gasteiger partial charge in [-0.25, -0.2) is 0 Å². The molecule has 0 aromatic rings. The number of rotatable bonds is 3. The van der Waals surface area contributed by atoms with E-state index in [-0.39, 0.29) is 0 Å². The number of methoxy groups -OCH3 is 1. The van der Waals surface area contributed by atoms with Crippen LogP contribution in [0.1, 0.15) is 6.42 Å². The highest BCUT2D eigenvalue weighted by atomic mass is 16.5. The Morgan fingerprint density at radius 3 is 3.00 bits per heavy atom. The first-order valence-corrected chi connectivity index (χ1v) is 3.61. The molecule has 4 heteroatoms. The van der Waals surface area contributed by atoms with Crippen LogP contribution in [0.3, 0.4) is 0 Å². The minimum Gasteiger partial charge on any atom is -0.392 e. The Morgan fingerprint density at radius 2 is 2.64 bits per heavy atom. The lowest BCUT2D eigenvalue weighted by molar-refractivity contribution is -0.115. The predicted molar refractivity (Wildman–Crippen MR) is 39.3 cm³/mol. The maximum Gasteiger partial charge on any atom is 0.142 e. The second kappa shape index (κ2) is 3.30. The minimum atomic E-state index is -0.645. The fourth-order valence-corrected chi connectivity index (χ4v) is 1.38. The van der Waals surface area contributed by atoms with Gasteiger partial charge in [-0.2, -0.15) is 0 Å². The minimum absolute atomic E-state index is 0.327. The van der Waals surface area contributed by atoms with Gasteiger partial charge in [-0.3, -0.25) is 0 Å². The summed E-state index contributed by atoms with van der Waals surface area (Å²) in [6, 6.07) is 0. The van der Waals surface area contributed by atoms with Gasteiger partial charge in [-0.1, -0.05) is 0 Å². The third kappa shape index (κ3) is 1.77. The van der Waals surface area contributed by atoms with E-state index in [9.17, 15) is 4.79 Å². The maximum absolute atomic E-state index is 10.6. The van der Waals surface area contributed by atoms with Crippen molar-refractivity contribution in [2.75, 3.05) is 20.3 Å². The second-order valence-electron chi connectivity index (χ2n) is 2.95. The van der Waals surface area contributed by atoms with Crippen molar-refractivity contribution in [3.05, 3.63) is 0 Å². The standard InChI is InChI=1S/C7H13NO3/c1-11-5-7(4-9)2-6(10)3-8-7/h4,6,8,10H,2-3,5H2,1H3/t6-,7?/m0/s1. The second-order valence-corrected chi connectivity index (χ2v) is 2.95. The van der Waals surface area contributed by atoms with Crippen molar-refractivity contribution in [1.29, 1.82) is 0 Å². The van der Waals surface area contributed by atoms with Gasteiger partial charge in [0.2, 0.25) is 0 Å². The van der Waals surface area contributed by atoms with E-state index < -0.39 is 11.6 Å². The third-order valence-corrected chi connectivity index (χ3v) is 1.92. The molecule has 0 aromatic heterocycles. The highest BCUT2D eigenvalue weighted by Gasteiger charge is 2.37. The van der Waals surface area contributed by atoms with Gasteiger partial charge in [0, 0.05) is 20.1 Å². The molecule has 0 radical (unpaired) electrons. The van der Waals surface area contributed by atoms with Crippen molar-refractivity contribution in [1.82, 2.24) is 5.32 Å². The molecular weight excluding hydrogens is 146 g/mol. The maximum atomic E-state index is 10.6. The first kappa shape index (κ1) is 8.64. The molecule has 11 heavy (non-hydrogen) atoms. The van der Waals surface area contributed by atoms with Crippen molar-refractivity contribution >= 4 is 6.29 Å². The summed E-state index contributed by atoms with van der Waals surface area (Å²) < 4.78 is 4.86. The van der Waals surface area contributed by atoms with Crippen LogP contribution in [0.15, 0.2) is 0 Å². The van der Waals surface area contributed by atoms with Crippen LogP contribution < -0.4 is 5.32 Å². The number of nitrogens with one attached hydrogen (secondary N) is 1. The fourth-order valence-electron chi connectivity index (χ4n) is 1.38. The monoisotopic (exact) mass is 159 g/mol. The molecule has 2 N–H and O–H groups in total. The van der Waals surface area contributed by atoms with Crippen molar-refractivity contribution < 1.29 is 14.6 Å². The number of β-amino-alcohol motifs (C(OH)–C–C–N with tert-alkyl or cyclic N) is 1. The van der Waals surface area contributed by atoms with Gasteiger partial charge < -0.3 is 20.0 Å². The molecule has 0 spiro atoms. The van der Waals surface area contributed by atoms with Crippen LogP contribution in [0.5, 0.6) is 0 Å². The topological polar surface area (TPSA) is 58.6 Å². The largest absolute Gasteiger partial charge is 0.392 e. The zero-order valence-corrected chi connectivity index (χ0v) is 6.54. The molecule has 1 aliphatic heterocycles. The number of aliphatic hydroxyl groups is 1. The van der Waals surface area contributed by atoms with E-state index in [0.29, 0.717) is 19.6 Å². The van der Waals surface area contributed by atoms with Crippen molar-refractivity contribution in [3.63, 3.8) is 0 Å². The number of ether oxygens (including phenoxy) is 1. The summed E-state index contributed by atoms with van der Waals surface area (Å²) in [6.07, 6.45) is 0.840. The first-order chi connectivity index (χ1) is 5.22. The molecule has 0 saturated carbocycles. The number of hydrogen-bond donors (Lipinski definition) is 2. The molecule has 0 bridgehead atoms. The van der Waals surface area contributed by atoms with Gasteiger partial charge in [0.25, 0.3) is 0 Å². The molecule has 0 aromatic carbocycles. The van der Waals surface area contributed by atoms with E-state index in [0.717, 1.165) is 6.29 Å². The molecule has 1 saturated heterocycles. The van der Waals surface area contributed by atoms with E-state index in [2.05, 4.69) is 5.32 Å². The molecule has 1 aliphatic rings. The number of aldehydes is 1. The normalized spacial score (nSPS) is 37.5. The molecular formula is C7H13NO3. The van der Waals surface area contributed by atoms with Gasteiger partial charge in [-0.15, -0.1) is 0 Å². The average Bonchev–Trinajstić information content (AvgIpc) is 2.34.